The highest BCUT2D eigenvalue weighted by Gasteiger charge is 2.28. The number of nitro groups is 1. The second-order valence-electron chi connectivity index (χ2n) is 4.45. The summed E-state index contributed by atoms with van der Waals surface area (Å²) in [6, 6.07) is 2.52. The molecule has 1 rings (SSSR count). The first kappa shape index (κ1) is 14.4. The zero-order valence-electron chi connectivity index (χ0n) is 10.4. The van der Waals surface area contributed by atoms with Crippen LogP contribution < -0.4 is 5.32 Å². The summed E-state index contributed by atoms with van der Waals surface area (Å²) in [4.78, 5) is 25.9. The Bertz CT molecular complexity index is 488. The molecule has 18 heavy (non-hydrogen) atoms. The van der Waals surface area contributed by atoms with Crippen LogP contribution in [-0.2, 0) is 4.79 Å². The summed E-state index contributed by atoms with van der Waals surface area (Å²) in [6.45, 7) is 5.36. The molecule has 7 heteroatoms. The topological polar surface area (TPSA) is 85.1 Å². The molecule has 1 N–H and O–H groups in total. The van der Waals surface area contributed by atoms with E-state index in [2.05, 4.69) is 10.3 Å². The maximum Gasteiger partial charge on any atom is 0.311 e. The van der Waals surface area contributed by atoms with Gasteiger partial charge in [0.15, 0.2) is 0 Å². The molecule has 0 fully saturated rings. The van der Waals surface area contributed by atoms with Crippen LogP contribution in [0.5, 0.6) is 0 Å². The summed E-state index contributed by atoms with van der Waals surface area (Å²) >= 11 is 5.67. The Morgan fingerprint density at radius 2 is 2.17 bits per heavy atom. The van der Waals surface area contributed by atoms with Crippen molar-refractivity contribution >= 4 is 29.0 Å². The monoisotopic (exact) mass is 271 g/mol. The molecule has 1 amide bonds. The highest BCUT2D eigenvalue weighted by molar-refractivity contribution is 6.29. The number of anilines is 1. The van der Waals surface area contributed by atoms with Crippen molar-refractivity contribution in [3.63, 3.8) is 0 Å². The minimum absolute atomic E-state index is 0.0882. The summed E-state index contributed by atoms with van der Waals surface area (Å²) in [5.41, 5.74) is -0.905. The number of aromatic nitrogens is 1. The van der Waals surface area contributed by atoms with E-state index < -0.39 is 10.3 Å². The maximum absolute atomic E-state index is 11.9. The minimum Gasteiger partial charge on any atom is -0.304 e. The fraction of sp³-hybridized carbons (Fsp3) is 0.455. The van der Waals surface area contributed by atoms with Gasteiger partial charge in [0.1, 0.15) is 5.15 Å². The fourth-order valence-electron chi connectivity index (χ4n) is 1.10. The maximum atomic E-state index is 11.9. The molecular weight excluding hydrogens is 258 g/mol. The molecule has 6 nitrogen and oxygen atoms in total. The smallest absolute Gasteiger partial charge is 0.304 e. The number of hydrogen-bond acceptors (Lipinski definition) is 4. The highest BCUT2D eigenvalue weighted by Crippen LogP contribution is 2.27. The van der Waals surface area contributed by atoms with E-state index >= 15 is 0 Å². The third kappa shape index (κ3) is 3.16. The third-order valence-corrected chi connectivity index (χ3v) is 2.98. The lowest BCUT2D eigenvalue weighted by Gasteiger charge is -2.20. The predicted molar refractivity (Wildman–Crippen MR) is 68.6 cm³/mol. The molecular formula is C11H14ClN3O3. The van der Waals surface area contributed by atoms with Crippen LogP contribution in [0.3, 0.4) is 0 Å². The van der Waals surface area contributed by atoms with Crippen molar-refractivity contribution in [3.8, 4) is 0 Å². The van der Waals surface area contributed by atoms with Gasteiger partial charge in [-0.3, -0.25) is 14.9 Å². The fourth-order valence-corrected chi connectivity index (χ4v) is 1.25. The molecule has 1 aromatic rings. The van der Waals surface area contributed by atoms with E-state index in [0.717, 1.165) is 0 Å². The van der Waals surface area contributed by atoms with Gasteiger partial charge in [0, 0.05) is 11.5 Å². The Labute approximate surface area is 110 Å². The van der Waals surface area contributed by atoms with Crippen molar-refractivity contribution in [3.05, 3.63) is 27.4 Å². The molecule has 0 saturated heterocycles. The summed E-state index contributed by atoms with van der Waals surface area (Å²) in [5, 5.41) is 13.3. The van der Waals surface area contributed by atoms with Crippen molar-refractivity contribution in [2.24, 2.45) is 5.41 Å². The second-order valence-corrected chi connectivity index (χ2v) is 4.84. The van der Waals surface area contributed by atoms with Gasteiger partial charge < -0.3 is 5.32 Å². The predicted octanol–water partition coefficient (Wildman–Crippen LogP) is 3.02. The Kier molecular flexibility index (Phi) is 4.24. The zero-order chi connectivity index (χ0) is 13.9. The number of nitrogens with one attached hydrogen (secondary N) is 1. The summed E-state index contributed by atoms with van der Waals surface area (Å²) in [5.74, 6) is -0.457. The molecule has 0 unspecified atom stereocenters. The van der Waals surface area contributed by atoms with Crippen LogP contribution in [0.4, 0.5) is 11.5 Å². The summed E-state index contributed by atoms with van der Waals surface area (Å²) in [7, 11) is 0. The first-order valence-electron chi connectivity index (χ1n) is 5.40. The molecule has 1 heterocycles. The average Bonchev–Trinajstić information content (AvgIpc) is 2.28. The number of carbonyl (C=O) groups excluding carboxylic acids is 1. The van der Waals surface area contributed by atoms with Gasteiger partial charge in [-0.2, -0.15) is 0 Å². The van der Waals surface area contributed by atoms with Crippen LogP contribution in [0.1, 0.15) is 27.2 Å². The average molecular weight is 272 g/mol. The number of carbonyl (C=O) groups is 1. The van der Waals surface area contributed by atoms with Gasteiger partial charge in [0.05, 0.1) is 4.92 Å². The molecule has 98 valence electrons. The van der Waals surface area contributed by atoms with Crippen molar-refractivity contribution in [1.29, 1.82) is 0 Å². The number of halogens is 1. The lowest BCUT2D eigenvalue weighted by molar-refractivity contribution is -0.384. The van der Waals surface area contributed by atoms with E-state index in [0.29, 0.717) is 6.42 Å². The first-order chi connectivity index (χ1) is 8.27. The van der Waals surface area contributed by atoms with Gasteiger partial charge >= 0.3 is 5.69 Å². The van der Waals surface area contributed by atoms with Gasteiger partial charge in [-0.05, 0) is 12.5 Å². The van der Waals surface area contributed by atoms with E-state index in [1.807, 2.05) is 6.92 Å². The molecule has 0 atom stereocenters. The summed E-state index contributed by atoms with van der Waals surface area (Å²) < 4.78 is 0. The first-order valence-corrected chi connectivity index (χ1v) is 5.78. The van der Waals surface area contributed by atoms with E-state index in [1.54, 1.807) is 13.8 Å². The van der Waals surface area contributed by atoms with Crippen molar-refractivity contribution in [2.75, 3.05) is 5.32 Å². The molecule has 0 aliphatic rings. The van der Waals surface area contributed by atoms with Crippen LogP contribution in [0, 0.1) is 15.5 Å². The van der Waals surface area contributed by atoms with Crippen molar-refractivity contribution in [2.45, 2.75) is 27.2 Å². The Morgan fingerprint density at radius 3 is 2.67 bits per heavy atom. The van der Waals surface area contributed by atoms with Gasteiger partial charge in [-0.15, -0.1) is 0 Å². The minimum atomic E-state index is -0.627. The third-order valence-electron chi connectivity index (χ3n) is 2.77. The molecule has 0 bridgehead atoms. The van der Waals surface area contributed by atoms with Gasteiger partial charge in [0.2, 0.25) is 11.7 Å². The molecule has 0 aromatic carbocycles. The van der Waals surface area contributed by atoms with Crippen LogP contribution in [0.15, 0.2) is 12.1 Å². The zero-order valence-corrected chi connectivity index (χ0v) is 11.1. The van der Waals surface area contributed by atoms with E-state index in [4.69, 9.17) is 11.6 Å². The largest absolute Gasteiger partial charge is 0.311 e. The Hall–Kier alpha value is -1.69. The standard InChI is InChI=1S/C11H14ClN3O3/c1-4-11(2,3)10(16)14-9-7(15(17)18)5-6-8(12)13-9/h5-6H,4H2,1-3H3,(H,13,14,16). The van der Waals surface area contributed by atoms with Gasteiger partial charge in [0.25, 0.3) is 0 Å². The van der Waals surface area contributed by atoms with Crippen LogP contribution in [0.2, 0.25) is 5.15 Å². The van der Waals surface area contributed by atoms with Crippen LogP contribution in [-0.4, -0.2) is 15.8 Å². The quantitative estimate of drug-likeness (QED) is 0.518. The van der Waals surface area contributed by atoms with Crippen molar-refractivity contribution < 1.29 is 9.72 Å². The van der Waals surface area contributed by atoms with Crippen LogP contribution >= 0.6 is 11.6 Å². The number of pyridine rings is 1. The van der Waals surface area contributed by atoms with Crippen LogP contribution in [0.25, 0.3) is 0 Å². The van der Waals surface area contributed by atoms with Crippen molar-refractivity contribution in [1.82, 2.24) is 4.98 Å². The lowest BCUT2D eigenvalue weighted by Crippen LogP contribution is -2.30. The normalized spacial score (nSPS) is 11.1. The molecule has 0 saturated carbocycles. The number of amides is 1. The summed E-state index contributed by atoms with van der Waals surface area (Å²) in [6.07, 6.45) is 0.604. The SMILES string of the molecule is CCC(C)(C)C(=O)Nc1nc(Cl)ccc1[N+](=O)[O-]. The molecule has 0 aliphatic carbocycles. The molecule has 1 aromatic heterocycles. The van der Waals surface area contributed by atoms with E-state index in [1.165, 1.54) is 12.1 Å². The Balaban J connectivity index is 3.07. The van der Waals surface area contributed by atoms with Gasteiger partial charge in [-0.25, -0.2) is 4.98 Å². The second kappa shape index (κ2) is 5.30. The molecule has 0 aliphatic heterocycles. The number of hydrogen-bond donors (Lipinski definition) is 1. The number of rotatable bonds is 4. The van der Waals surface area contributed by atoms with Gasteiger partial charge in [-0.1, -0.05) is 32.4 Å². The Morgan fingerprint density at radius 1 is 1.56 bits per heavy atom. The highest BCUT2D eigenvalue weighted by atomic mass is 35.5. The van der Waals surface area contributed by atoms with E-state index in [-0.39, 0.29) is 22.6 Å². The molecule has 0 radical (unpaired) electrons. The lowest BCUT2D eigenvalue weighted by atomic mass is 9.89. The molecule has 0 spiro atoms. The van der Waals surface area contributed by atoms with E-state index in [9.17, 15) is 14.9 Å². The number of nitrogens with zero attached hydrogens (tertiary/aromatic N) is 2.